The summed E-state index contributed by atoms with van der Waals surface area (Å²) in [5.41, 5.74) is 0.831. The molecule has 0 bridgehead atoms. The molecule has 1 atom stereocenters. The van der Waals surface area contributed by atoms with Gasteiger partial charge >= 0.3 is 5.97 Å². The second kappa shape index (κ2) is 6.86. The quantitative estimate of drug-likeness (QED) is 0.503. The minimum absolute atomic E-state index is 0.224. The summed E-state index contributed by atoms with van der Waals surface area (Å²) >= 11 is 5.12. The molecule has 0 amide bonds. The first kappa shape index (κ1) is 14.3. The van der Waals surface area contributed by atoms with E-state index >= 15 is 0 Å². The number of benzene rings is 1. The molecule has 0 aliphatic rings. The average molecular weight is 265 g/mol. The number of para-hydroxylation sites is 1. The molecule has 1 aromatic carbocycles. The Morgan fingerprint density at radius 2 is 1.94 bits per heavy atom. The zero-order valence-electron chi connectivity index (χ0n) is 10.3. The number of carbonyl (C=O) groups is 2. The van der Waals surface area contributed by atoms with Gasteiger partial charge in [0.05, 0.1) is 0 Å². The zero-order valence-corrected chi connectivity index (χ0v) is 11.1. The largest absolute Gasteiger partial charge is 0.455 e. The first-order valence-corrected chi connectivity index (χ1v) is 5.94. The van der Waals surface area contributed by atoms with Crippen LogP contribution >= 0.6 is 12.2 Å². The Hall–Kier alpha value is -1.75. The first-order valence-electron chi connectivity index (χ1n) is 5.54. The summed E-state index contributed by atoms with van der Waals surface area (Å²) < 4.78 is 5.03. The first-order chi connectivity index (χ1) is 8.49. The van der Waals surface area contributed by atoms with Gasteiger partial charge in [-0.05, 0) is 26.0 Å². The number of carbonyl (C=O) groups excluding carboxylic acids is 2. The Morgan fingerprint density at radius 1 is 1.33 bits per heavy atom. The van der Waals surface area contributed by atoms with Crippen LogP contribution in [0.2, 0.25) is 0 Å². The summed E-state index contributed by atoms with van der Waals surface area (Å²) in [6.45, 7) is 3.00. The Balaban J connectivity index is 2.47. The number of hydrogen-bond acceptors (Lipinski definition) is 4. The van der Waals surface area contributed by atoms with E-state index in [0.29, 0.717) is 4.99 Å². The molecule has 1 aromatic rings. The number of rotatable bonds is 5. The Labute approximate surface area is 111 Å². The molecule has 0 saturated carbocycles. The van der Waals surface area contributed by atoms with Crippen molar-refractivity contribution in [3.05, 3.63) is 30.3 Å². The van der Waals surface area contributed by atoms with Gasteiger partial charge < -0.3 is 10.1 Å². The molecular formula is C13H15NO3S. The summed E-state index contributed by atoms with van der Waals surface area (Å²) in [5.74, 6) is -0.790. The van der Waals surface area contributed by atoms with E-state index in [0.717, 1.165) is 5.69 Å². The fourth-order valence-electron chi connectivity index (χ4n) is 1.26. The lowest BCUT2D eigenvalue weighted by atomic mass is 10.3. The van der Waals surface area contributed by atoms with Crippen LogP contribution in [0.1, 0.15) is 20.3 Å². The number of ketones is 1. The summed E-state index contributed by atoms with van der Waals surface area (Å²) in [4.78, 5) is 22.4. The second-order valence-electron chi connectivity index (χ2n) is 3.87. The van der Waals surface area contributed by atoms with Gasteiger partial charge in [-0.2, -0.15) is 0 Å². The number of ether oxygens (including phenoxy) is 1. The van der Waals surface area contributed by atoms with Crippen LogP contribution in [0, 0.1) is 0 Å². The number of anilines is 1. The Bertz CT molecular complexity index is 445. The van der Waals surface area contributed by atoms with Crippen LogP contribution in [0.25, 0.3) is 0 Å². The van der Waals surface area contributed by atoms with E-state index < -0.39 is 12.1 Å². The van der Waals surface area contributed by atoms with E-state index in [1.54, 1.807) is 6.92 Å². The lowest BCUT2D eigenvalue weighted by Gasteiger charge is -2.15. The molecule has 0 saturated heterocycles. The van der Waals surface area contributed by atoms with Gasteiger partial charge in [0, 0.05) is 5.69 Å². The molecule has 0 aromatic heterocycles. The van der Waals surface area contributed by atoms with Crippen LogP contribution < -0.4 is 5.32 Å². The summed E-state index contributed by atoms with van der Waals surface area (Å²) in [6.07, 6.45) is -0.787. The van der Waals surface area contributed by atoms with Crippen molar-refractivity contribution in [3.63, 3.8) is 0 Å². The Morgan fingerprint density at radius 3 is 2.50 bits per heavy atom. The van der Waals surface area contributed by atoms with Crippen LogP contribution in [0.5, 0.6) is 0 Å². The SMILES string of the molecule is CC(=O)CC(=O)OC(C)C(=S)Nc1ccccc1. The molecule has 0 heterocycles. The molecule has 4 nitrogen and oxygen atoms in total. The molecule has 0 radical (unpaired) electrons. The summed E-state index contributed by atoms with van der Waals surface area (Å²) in [7, 11) is 0. The zero-order chi connectivity index (χ0) is 13.5. The molecule has 18 heavy (non-hydrogen) atoms. The number of thiocarbonyl (C=S) groups is 1. The number of nitrogens with one attached hydrogen (secondary N) is 1. The molecule has 5 heteroatoms. The lowest BCUT2D eigenvalue weighted by molar-refractivity contribution is -0.147. The normalized spacial score (nSPS) is 11.4. The van der Waals surface area contributed by atoms with Crippen LogP contribution in [0.4, 0.5) is 5.69 Å². The van der Waals surface area contributed by atoms with Gasteiger partial charge in [0.2, 0.25) is 0 Å². The number of esters is 1. The van der Waals surface area contributed by atoms with Crippen molar-refractivity contribution in [1.29, 1.82) is 0 Å². The summed E-state index contributed by atoms with van der Waals surface area (Å²) in [6, 6.07) is 9.35. The monoisotopic (exact) mass is 265 g/mol. The van der Waals surface area contributed by atoms with Gasteiger partial charge in [0.25, 0.3) is 0 Å². The maximum absolute atomic E-state index is 11.3. The lowest BCUT2D eigenvalue weighted by Crippen LogP contribution is -2.28. The van der Waals surface area contributed by atoms with Crippen molar-refractivity contribution in [1.82, 2.24) is 0 Å². The molecule has 0 fully saturated rings. The van der Waals surface area contributed by atoms with Crippen molar-refractivity contribution < 1.29 is 14.3 Å². The highest BCUT2D eigenvalue weighted by Gasteiger charge is 2.15. The van der Waals surface area contributed by atoms with Gasteiger partial charge in [-0.1, -0.05) is 30.4 Å². The van der Waals surface area contributed by atoms with Crippen molar-refractivity contribution in [3.8, 4) is 0 Å². The minimum atomic E-state index is -0.563. The van der Waals surface area contributed by atoms with Crippen molar-refractivity contribution >= 4 is 34.6 Å². The molecule has 0 aliphatic carbocycles. The van der Waals surface area contributed by atoms with Gasteiger partial charge in [-0.15, -0.1) is 0 Å². The molecule has 1 unspecified atom stereocenters. The van der Waals surface area contributed by atoms with Gasteiger partial charge in [0.15, 0.2) is 0 Å². The highest BCUT2D eigenvalue weighted by molar-refractivity contribution is 7.80. The van der Waals surface area contributed by atoms with Crippen molar-refractivity contribution in [2.45, 2.75) is 26.4 Å². The Kier molecular flexibility index (Phi) is 5.45. The molecule has 96 valence electrons. The maximum atomic E-state index is 11.3. The van der Waals surface area contributed by atoms with E-state index in [1.165, 1.54) is 6.92 Å². The van der Waals surface area contributed by atoms with E-state index in [1.807, 2.05) is 30.3 Å². The minimum Gasteiger partial charge on any atom is -0.455 e. The number of hydrogen-bond donors (Lipinski definition) is 1. The van der Waals surface area contributed by atoms with Gasteiger partial charge in [-0.3, -0.25) is 9.59 Å². The highest BCUT2D eigenvalue weighted by Crippen LogP contribution is 2.08. The molecule has 0 aliphatic heterocycles. The van der Waals surface area contributed by atoms with Gasteiger partial charge in [0.1, 0.15) is 23.3 Å². The predicted molar refractivity (Wildman–Crippen MR) is 73.5 cm³/mol. The molecule has 0 spiro atoms. The standard InChI is InChI=1S/C13H15NO3S/c1-9(15)8-12(16)17-10(2)13(18)14-11-6-4-3-5-7-11/h3-7,10H,8H2,1-2H3,(H,14,18). The second-order valence-corrected chi connectivity index (χ2v) is 4.31. The molecule has 1 rings (SSSR count). The average Bonchev–Trinajstić information content (AvgIpc) is 2.28. The fourth-order valence-corrected chi connectivity index (χ4v) is 1.43. The van der Waals surface area contributed by atoms with E-state index in [2.05, 4.69) is 5.32 Å². The molecular weight excluding hydrogens is 250 g/mol. The topological polar surface area (TPSA) is 55.4 Å². The van der Waals surface area contributed by atoms with Crippen LogP contribution in [0.15, 0.2) is 30.3 Å². The van der Waals surface area contributed by atoms with Gasteiger partial charge in [-0.25, -0.2) is 0 Å². The maximum Gasteiger partial charge on any atom is 0.313 e. The fraction of sp³-hybridized carbons (Fsp3) is 0.308. The third-order valence-electron chi connectivity index (χ3n) is 2.11. The highest BCUT2D eigenvalue weighted by atomic mass is 32.1. The van der Waals surface area contributed by atoms with Crippen LogP contribution in [0.3, 0.4) is 0 Å². The van der Waals surface area contributed by atoms with Crippen LogP contribution in [-0.4, -0.2) is 22.8 Å². The van der Waals surface area contributed by atoms with Crippen molar-refractivity contribution in [2.24, 2.45) is 0 Å². The third kappa shape index (κ3) is 5.05. The molecule has 1 N–H and O–H groups in total. The third-order valence-corrected chi connectivity index (χ3v) is 2.55. The summed E-state index contributed by atoms with van der Waals surface area (Å²) in [5, 5.41) is 2.97. The van der Waals surface area contributed by atoms with Crippen molar-refractivity contribution in [2.75, 3.05) is 5.32 Å². The van der Waals surface area contributed by atoms with Crippen LogP contribution in [-0.2, 0) is 14.3 Å². The smallest absolute Gasteiger partial charge is 0.313 e. The van der Waals surface area contributed by atoms with E-state index in [9.17, 15) is 9.59 Å². The predicted octanol–water partition coefficient (Wildman–Crippen LogP) is 2.34. The van der Waals surface area contributed by atoms with E-state index in [4.69, 9.17) is 17.0 Å². The van der Waals surface area contributed by atoms with E-state index in [-0.39, 0.29) is 12.2 Å². The number of Topliss-reactive ketones (excluding diaryl/α,β-unsaturated/α-hetero) is 1.